The van der Waals surface area contributed by atoms with Crippen LogP contribution in [0, 0.1) is 5.82 Å². The molecule has 1 aromatic carbocycles. The molecule has 0 fully saturated rings. The third-order valence-corrected chi connectivity index (χ3v) is 3.13. The summed E-state index contributed by atoms with van der Waals surface area (Å²) in [5.41, 5.74) is -1.92. The van der Waals surface area contributed by atoms with E-state index in [4.69, 9.17) is 9.47 Å². The lowest BCUT2D eigenvalue weighted by Gasteiger charge is -2.27. The average Bonchev–Trinajstić information content (AvgIpc) is 2.43. The van der Waals surface area contributed by atoms with Crippen LogP contribution in [0.25, 0.3) is 0 Å². The molecule has 5 nitrogen and oxygen atoms in total. The number of hydrogen-bond acceptors (Lipinski definition) is 4. The minimum Gasteiger partial charge on any atom is -0.480 e. The van der Waals surface area contributed by atoms with E-state index in [0.717, 1.165) is 6.07 Å². The van der Waals surface area contributed by atoms with Crippen LogP contribution < -0.4 is 0 Å². The number of ether oxygens (including phenoxy) is 2. The second-order valence-corrected chi connectivity index (χ2v) is 4.39. The van der Waals surface area contributed by atoms with Crippen molar-refractivity contribution < 1.29 is 28.6 Å². The van der Waals surface area contributed by atoms with E-state index >= 15 is 0 Å². The molecule has 0 radical (unpaired) electrons. The van der Waals surface area contributed by atoms with Crippen molar-refractivity contribution in [2.24, 2.45) is 0 Å². The van der Waals surface area contributed by atoms with Gasteiger partial charge in [-0.2, -0.15) is 0 Å². The molecule has 0 heterocycles. The van der Waals surface area contributed by atoms with E-state index in [1.807, 2.05) is 0 Å². The molecule has 116 valence electrons. The molecular formula is C15H19FO5. The van der Waals surface area contributed by atoms with Crippen molar-refractivity contribution in [2.75, 3.05) is 19.8 Å². The fourth-order valence-corrected chi connectivity index (χ4v) is 2.06. The molecule has 0 aliphatic carbocycles. The molecule has 0 amide bonds. The highest BCUT2D eigenvalue weighted by molar-refractivity contribution is 6.05. The summed E-state index contributed by atoms with van der Waals surface area (Å²) in [6.45, 7) is 3.82. The number of carbonyl (C=O) groups is 2. The maximum atomic E-state index is 13.4. The third-order valence-electron chi connectivity index (χ3n) is 3.13. The van der Waals surface area contributed by atoms with Crippen LogP contribution in [0.4, 0.5) is 4.39 Å². The molecule has 0 saturated heterocycles. The van der Waals surface area contributed by atoms with Gasteiger partial charge in [-0.25, -0.2) is 4.39 Å². The summed E-state index contributed by atoms with van der Waals surface area (Å²) < 4.78 is 23.5. The van der Waals surface area contributed by atoms with E-state index in [-0.39, 0.29) is 25.2 Å². The smallest absolute Gasteiger partial charge is 0.328 e. The Balaban J connectivity index is 3.29. The summed E-state index contributed by atoms with van der Waals surface area (Å²) in [7, 11) is 0. The number of benzene rings is 1. The van der Waals surface area contributed by atoms with Gasteiger partial charge >= 0.3 is 11.9 Å². The van der Waals surface area contributed by atoms with Gasteiger partial charge in [0.15, 0.2) is 5.41 Å². The molecule has 1 rings (SSSR count). The Kier molecular flexibility index (Phi) is 6.30. The van der Waals surface area contributed by atoms with Crippen molar-refractivity contribution >= 4 is 11.9 Å². The van der Waals surface area contributed by atoms with Crippen molar-refractivity contribution in [3.63, 3.8) is 0 Å². The van der Waals surface area contributed by atoms with Gasteiger partial charge in [-0.1, -0.05) is 12.1 Å². The van der Waals surface area contributed by atoms with Crippen LogP contribution >= 0.6 is 0 Å². The SMILES string of the molecule is CCOCCC(C(=O)O)(C(=O)OCC)c1cccc(F)c1. The average molecular weight is 298 g/mol. The minimum atomic E-state index is -1.96. The molecule has 21 heavy (non-hydrogen) atoms. The molecule has 0 spiro atoms. The maximum absolute atomic E-state index is 13.4. The highest BCUT2D eigenvalue weighted by Gasteiger charge is 2.49. The van der Waals surface area contributed by atoms with Gasteiger partial charge in [0.25, 0.3) is 0 Å². The molecule has 1 unspecified atom stereocenters. The zero-order chi connectivity index (χ0) is 15.9. The molecular weight excluding hydrogens is 279 g/mol. The number of hydrogen-bond donors (Lipinski definition) is 1. The van der Waals surface area contributed by atoms with Crippen LogP contribution in [0.15, 0.2) is 24.3 Å². The quantitative estimate of drug-likeness (QED) is 0.452. The third kappa shape index (κ3) is 3.78. The van der Waals surface area contributed by atoms with Crippen LogP contribution in [0.3, 0.4) is 0 Å². The van der Waals surface area contributed by atoms with Crippen molar-refractivity contribution in [2.45, 2.75) is 25.7 Å². The number of carboxylic acids is 1. The highest BCUT2D eigenvalue weighted by atomic mass is 19.1. The number of rotatable bonds is 8. The van der Waals surface area contributed by atoms with E-state index in [1.54, 1.807) is 13.8 Å². The predicted molar refractivity (Wildman–Crippen MR) is 73.5 cm³/mol. The Hall–Kier alpha value is -1.95. The van der Waals surface area contributed by atoms with Crippen molar-refractivity contribution in [1.29, 1.82) is 0 Å². The van der Waals surface area contributed by atoms with Crippen molar-refractivity contribution in [3.05, 3.63) is 35.6 Å². The number of halogens is 1. The van der Waals surface area contributed by atoms with Crippen LogP contribution in [0.1, 0.15) is 25.8 Å². The fraction of sp³-hybridized carbons (Fsp3) is 0.467. The van der Waals surface area contributed by atoms with Gasteiger partial charge in [-0.3, -0.25) is 9.59 Å². The Bertz CT molecular complexity index is 503. The second-order valence-electron chi connectivity index (χ2n) is 4.39. The van der Waals surface area contributed by atoms with E-state index in [9.17, 15) is 19.1 Å². The van der Waals surface area contributed by atoms with Gasteiger partial charge in [0.1, 0.15) is 5.82 Å². The van der Waals surface area contributed by atoms with Crippen LogP contribution in [-0.4, -0.2) is 36.9 Å². The normalized spacial score (nSPS) is 13.5. The summed E-state index contributed by atoms with van der Waals surface area (Å²) in [5, 5.41) is 9.59. The van der Waals surface area contributed by atoms with Crippen molar-refractivity contribution in [3.8, 4) is 0 Å². The first kappa shape index (κ1) is 17.1. The first-order valence-corrected chi connectivity index (χ1v) is 6.73. The molecule has 0 aliphatic rings. The minimum absolute atomic E-state index is 0.0395. The fourth-order valence-electron chi connectivity index (χ4n) is 2.06. The summed E-state index contributed by atoms with van der Waals surface area (Å²) in [6.07, 6.45) is -0.127. The van der Waals surface area contributed by atoms with Gasteiger partial charge in [0.2, 0.25) is 0 Å². The van der Waals surface area contributed by atoms with E-state index in [1.165, 1.54) is 18.2 Å². The molecule has 1 aromatic rings. The summed E-state index contributed by atoms with van der Waals surface area (Å²) >= 11 is 0. The van der Waals surface area contributed by atoms with Gasteiger partial charge in [0, 0.05) is 19.6 Å². The van der Waals surface area contributed by atoms with Gasteiger partial charge < -0.3 is 14.6 Å². The topological polar surface area (TPSA) is 72.8 Å². The molecule has 0 aliphatic heterocycles. The van der Waals surface area contributed by atoms with E-state index in [0.29, 0.717) is 6.61 Å². The Morgan fingerprint density at radius 1 is 1.29 bits per heavy atom. The first-order chi connectivity index (χ1) is 9.98. The monoisotopic (exact) mass is 298 g/mol. The number of carboxylic acid groups (broad SMARTS) is 1. The number of carbonyl (C=O) groups excluding carboxylic acids is 1. The van der Waals surface area contributed by atoms with Crippen molar-refractivity contribution in [1.82, 2.24) is 0 Å². The first-order valence-electron chi connectivity index (χ1n) is 6.73. The van der Waals surface area contributed by atoms with E-state index < -0.39 is 23.2 Å². The molecule has 1 atom stereocenters. The lowest BCUT2D eigenvalue weighted by molar-refractivity contribution is -0.162. The Morgan fingerprint density at radius 2 is 2.00 bits per heavy atom. The number of aliphatic carboxylic acids is 1. The van der Waals surface area contributed by atoms with E-state index in [2.05, 4.69) is 0 Å². The zero-order valence-corrected chi connectivity index (χ0v) is 12.1. The molecule has 0 aromatic heterocycles. The zero-order valence-electron chi connectivity index (χ0n) is 12.1. The lowest BCUT2D eigenvalue weighted by atomic mass is 9.77. The van der Waals surface area contributed by atoms with Crippen LogP contribution in [0.5, 0.6) is 0 Å². The second kappa shape index (κ2) is 7.73. The van der Waals surface area contributed by atoms with Gasteiger partial charge in [0.05, 0.1) is 6.61 Å². The highest BCUT2D eigenvalue weighted by Crippen LogP contribution is 2.31. The molecule has 0 bridgehead atoms. The molecule has 6 heteroatoms. The van der Waals surface area contributed by atoms with Crippen LogP contribution in [0.2, 0.25) is 0 Å². The number of esters is 1. The lowest BCUT2D eigenvalue weighted by Crippen LogP contribution is -2.46. The largest absolute Gasteiger partial charge is 0.480 e. The maximum Gasteiger partial charge on any atom is 0.328 e. The Labute approximate surface area is 122 Å². The van der Waals surface area contributed by atoms with Gasteiger partial charge in [-0.05, 0) is 31.5 Å². The predicted octanol–water partition coefficient (Wildman–Crippen LogP) is 2.14. The molecule has 1 N–H and O–H groups in total. The van der Waals surface area contributed by atoms with Gasteiger partial charge in [-0.15, -0.1) is 0 Å². The summed E-state index contributed by atoms with van der Waals surface area (Å²) in [6, 6.07) is 4.99. The Morgan fingerprint density at radius 3 is 2.52 bits per heavy atom. The summed E-state index contributed by atoms with van der Waals surface area (Å²) in [5.74, 6) is -2.91. The molecule has 0 saturated carbocycles. The standard InChI is InChI=1S/C15H19FO5/c1-3-20-9-8-15(13(17)18,14(19)21-4-2)11-6-5-7-12(16)10-11/h5-7,10H,3-4,8-9H2,1-2H3,(H,17,18). The summed E-state index contributed by atoms with van der Waals surface area (Å²) in [4.78, 5) is 24.0. The van der Waals surface area contributed by atoms with Crippen LogP contribution in [-0.2, 0) is 24.5 Å².